The number of ether oxygens (including phenoxy) is 3. The number of hydrogen-bond acceptors (Lipinski definition) is 4. The number of methoxy groups -OCH3 is 1. The van der Waals surface area contributed by atoms with Gasteiger partial charge in [-0.15, -0.1) is 0 Å². The summed E-state index contributed by atoms with van der Waals surface area (Å²) in [5, 5.41) is 0. The molecule has 0 spiro atoms. The van der Waals surface area contributed by atoms with Crippen molar-refractivity contribution in [3.8, 4) is 11.5 Å². The maximum Gasteiger partial charge on any atom is 0.127 e. The number of benzene rings is 1. The zero-order valence-corrected chi connectivity index (χ0v) is 11.4. The van der Waals surface area contributed by atoms with Crippen LogP contribution < -0.4 is 15.2 Å². The number of hydrogen-bond donors (Lipinski definition) is 1. The Labute approximate surface area is 109 Å². The first kappa shape index (κ1) is 14.8. The lowest BCUT2D eigenvalue weighted by Gasteiger charge is -2.17. The van der Waals surface area contributed by atoms with Gasteiger partial charge in [0.05, 0.1) is 19.3 Å². The first-order valence-corrected chi connectivity index (χ1v) is 6.33. The Balaban J connectivity index is 2.64. The molecule has 4 heteroatoms. The molecule has 0 fully saturated rings. The zero-order chi connectivity index (χ0) is 13.4. The molecule has 2 N–H and O–H groups in total. The van der Waals surface area contributed by atoms with E-state index in [1.807, 2.05) is 25.1 Å². The van der Waals surface area contributed by atoms with E-state index in [2.05, 4.69) is 6.92 Å². The van der Waals surface area contributed by atoms with E-state index in [-0.39, 0.29) is 6.04 Å². The molecule has 4 nitrogen and oxygen atoms in total. The fourth-order valence-electron chi connectivity index (χ4n) is 1.73. The highest BCUT2D eigenvalue weighted by Gasteiger charge is 2.13. The van der Waals surface area contributed by atoms with Crippen molar-refractivity contribution in [2.24, 2.45) is 5.73 Å². The molecule has 0 aliphatic heterocycles. The second-order valence-electron chi connectivity index (χ2n) is 4.12. The monoisotopic (exact) mass is 253 g/mol. The van der Waals surface area contributed by atoms with Gasteiger partial charge in [-0.3, -0.25) is 0 Å². The minimum Gasteiger partial charge on any atom is -0.496 e. The molecule has 0 saturated carbocycles. The third-order valence-corrected chi connectivity index (χ3v) is 2.54. The van der Waals surface area contributed by atoms with E-state index in [9.17, 15) is 0 Å². The van der Waals surface area contributed by atoms with E-state index in [0.717, 1.165) is 30.1 Å². The first-order chi connectivity index (χ1) is 8.70. The Morgan fingerprint density at radius 3 is 2.50 bits per heavy atom. The van der Waals surface area contributed by atoms with Crippen LogP contribution in [-0.4, -0.2) is 26.9 Å². The first-order valence-electron chi connectivity index (χ1n) is 6.33. The van der Waals surface area contributed by atoms with Crippen LogP contribution in [0, 0.1) is 0 Å². The molecule has 0 radical (unpaired) electrons. The second-order valence-corrected chi connectivity index (χ2v) is 4.12. The van der Waals surface area contributed by atoms with Crippen molar-refractivity contribution in [3.63, 3.8) is 0 Å². The van der Waals surface area contributed by atoms with Crippen LogP contribution in [0.3, 0.4) is 0 Å². The van der Waals surface area contributed by atoms with E-state index in [1.165, 1.54) is 0 Å². The van der Waals surface area contributed by atoms with Gasteiger partial charge in [-0.25, -0.2) is 0 Å². The largest absolute Gasteiger partial charge is 0.496 e. The minimum absolute atomic E-state index is 0.132. The zero-order valence-electron chi connectivity index (χ0n) is 11.4. The van der Waals surface area contributed by atoms with Gasteiger partial charge in [0.25, 0.3) is 0 Å². The normalized spacial score (nSPS) is 12.2. The van der Waals surface area contributed by atoms with Crippen molar-refractivity contribution in [3.05, 3.63) is 23.8 Å². The average Bonchev–Trinajstić information content (AvgIpc) is 2.37. The van der Waals surface area contributed by atoms with E-state index in [1.54, 1.807) is 7.11 Å². The summed E-state index contributed by atoms with van der Waals surface area (Å²) < 4.78 is 16.4. The van der Waals surface area contributed by atoms with Crippen molar-refractivity contribution in [1.29, 1.82) is 0 Å². The molecule has 18 heavy (non-hydrogen) atoms. The molecule has 0 amide bonds. The van der Waals surface area contributed by atoms with E-state index in [4.69, 9.17) is 19.9 Å². The minimum atomic E-state index is -0.132. The van der Waals surface area contributed by atoms with Crippen molar-refractivity contribution < 1.29 is 14.2 Å². The third-order valence-electron chi connectivity index (χ3n) is 2.54. The van der Waals surface area contributed by atoms with Crippen molar-refractivity contribution in [1.82, 2.24) is 0 Å². The molecular weight excluding hydrogens is 230 g/mol. The molecule has 0 saturated heterocycles. The molecule has 0 unspecified atom stereocenters. The molecule has 1 aromatic carbocycles. The van der Waals surface area contributed by atoms with Crippen molar-refractivity contribution >= 4 is 0 Å². The van der Waals surface area contributed by atoms with Gasteiger partial charge >= 0.3 is 0 Å². The average molecular weight is 253 g/mol. The molecule has 0 aromatic heterocycles. The SMILES string of the molecule is CCCOCCOc1cccc(OC)c1[C@H](C)N. The Morgan fingerprint density at radius 2 is 1.89 bits per heavy atom. The van der Waals surface area contributed by atoms with Gasteiger partial charge in [-0.2, -0.15) is 0 Å². The van der Waals surface area contributed by atoms with Gasteiger partial charge in [-0.1, -0.05) is 13.0 Å². The highest BCUT2D eigenvalue weighted by atomic mass is 16.5. The van der Waals surface area contributed by atoms with Crippen LogP contribution in [0.5, 0.6) is 11.5 Å². The summed E-state index contributed by atoms with van der Waals surface area (Å²) in [5.41, 5.74) is 6.85. The molecule has 0 heterocycles. The topological polar surface area (TPSA) is 53.7 Å². The highest BCUT2D eigenvalue weighted by Crippen LogP contribution is 2.32. The summed E-state index contributed by atoms with van der Waals surface area (Å²) in [6.45, 7) is 5.87. The van der Waals surface area contributed by atoms with Crippen LogP contribution in [-0.2, 0) is 4.74 Å². The number of rotatable bonds is 8. The van der Waals surface area contributed by atoms with Crippen molar-refractivity contribution in [2.75, 3.05) is 26.9 Å². The van der Waals surface area contributed by atoms with Crippen LogP contribution in [0.2, 0.25) is 0 Å². The van der Waals surface area contributed by atoms with Gasteiger partial charge in [0.2, 0.25) is 0 Å². The predicted octanol–water partition coefficient (Wildman–Crippen LogP) is 2.52. The van der Waals surface area contributed by atoms with Gasteiger partial charge in [-0.05, 0) is 25.5 Å². The Hall–Kier alpha value is -1.26. The molecule has 102 valence electrons. The molecule has 1 rings (SSSR count). The Kier molecular flexibility index (Phi) is 6.54. The lowest BCUT2D eigenvalue weighted by Crippen LogP contribution is -2.12. The lowest BCUT2D eigenvalue weighted by molar-refractivity contribution is 0.100. The van der Waals surface area contributed by atoms with Gasteiger partial charge in [0, 0.05) is 12.6 Å². The van der Waals surface area contributed by atoms with Crippen LogP contribution in [0.4, 0.5) is 0 Å². The smallest absolute Gasteiger partial charge is 0.127 e. The van der Waals surface area contributed by atoms with E-state index < -0.39 is 0 Å². The maximum absolute atomic E-state index is 5.95. The second kappa shape index (κ2) is 7.95. The lowest BCUT2D eigenvalue weighted by atomic mass is 10.1. The van der Waals surface area contributed by atoms with Crippen LogP contribution >= 0.6 is 0 Å². The molecule has 1 atom stereocenters. The van der Waals surface area contributed by atoms with E-state index in [0.29, 0.717) is 13.2 Å². The van der Waals surface area contributed by atoms with Crippen molar-refractivity contribution in [2.45, 2.75) is 26.3 Å². The molecule has 0 bridgehead atoms. The van der Waals surface area contributed by atoms with Gasteiger partial charge < -0.3 is 19.9 Å². The van der Waals surface area contributed by atoms with Crippen LogP contribution in [0.25, 0.3) is 0 Å². The quantitative estimate of drug-likeness (QED) is 0.723. The summed E-state index contributed by atoms with van der Waals surface area (Å²) in [4.78, 5) is 0. The Bertz CT molecular complexity index is 353. The highest BCUT2D eigenvalue weighted by molar-refractivity contribution is 5.46. The summed E-state index contributed by atoms with van der Waals surface area (Å²) in [7, 11) is 1.63. The van der Waals surface area contributed by atoms with Crippen LogP contribution in [0.1, 0.15) is 31.9 Å². The number of nitrogens with two attached hydrogens (primary N) is 1. The molecule has 0 aliphatic carbocycles. The van der Waals surface area contributed by atoms with E-state index >= 15 is 0 Å². The summed E-state index contributed by atoms with van der Waals surface area (Å²) in [5.74, 6) is 1.53. The predicted molar refractivity (Wildman–Crippen MR) is 72.2 cm³/mol. The third kappa shape index (κ3) is 4.20. The van der Waals surface area contributed by atoms with Crippen LogP contribution in [0.15, 0.2) is 18.2 Å². The standard InChI is InChI=1S/C14H23NO3/c1-4-8-17-9-10-18-13-7-5-6-12(16-3)14(13)11(2)15/h5-7,11H,4,8-10,15H2,1-3H3/t11-/m0/s1. The summed E-state index contributed by atoms with van der Waals surface area (Å²) in [6, 6.07) is 5.56. The van der Waals surface area contributed by atoms with Gasteiger partial charge in [0.1, 0.15) is 18.1 Å². The fraction of sp³-hybridized carbons (Fsp3) is 0.571. The Morgan fingerprint density at radius 1 is 1.17 bits per heavy atom. The van der Waals surface area contributed by atoms with Gasteiger partial charge in [0.15, 0.2) is 0 Å². The maximum atomic E-state index is 5.95. The molecule has 1 aromatic rings. The summed E-state index contributed by atoms with van der Waals surface area (Å²) in [6.07, 6.45) is 1.02. The summed E-state index contributed by atoms with van der Waals surface area (Å²) >= 11 is 0. The fourth-order valence-corrected chi connectivity index (χ4v) is 1.73. The molecule has 0 aliphatic rings. The molecular formula is C14H23NO3.